The van der Waals surface area contributed by atoms with E-state index in [4.69, 9.17) is 11.6 Å². The van der Waals surface area contributed by atoms with E-state index in [9.17, 15) is 9.90 Å². The van der Waals surface area contributed by atoms with Crippen LogP contribution in [-0.4, -0.2) is 23.7 Å². The first-order chi connectivity index (χ1) is 9.28. The highest BCUT2D eigenvalue weighted by Gasteiger charge is 2.40. The fourth-order valence-electron chi connectivity index (χ4n) is 3.45. The van der Waals surface area contributed by atoms with Gasteiger partial charge in [-0.15, -0.1) is 0 Å². The third-order valence-corrected chi connectivity index (χ3v) is 4.41. The summed E-state index contributed by atoms with van der Waals surface area (Å²) in [6.07, 6.45) is 2.14. The molecule has 110 valence electrons. The van der Waals surface area contributed by atoms with Gasteiger partial charge in [0.15, 0.2) is 0 Å². The summed E-state index contributed by atoms with van der Waals surface area (Å²) in [4.78, 5) is 13.2. The molecule has 1 fully saturated rings. The van der Waals surface area contributed by atoms with Gasteiger partial charge in [-0.1, -0.05) is 32.4 Å². The molecule has 0 saturated heterocycles. The van der Waals surface area contributed by atoms with Gasteiger partial charge in [0.05, 0.1) is 0 Å². The smallest absolute Gasteiger partial charge is 0.323 e. The lowest BCUT2D eigenvalue weighted by atomic mass is 9.91. The molecule has 3 nitrogen and oxygen atoms in total. The van der Waals surface area contributed by atoms with Gasteiger partial charge in [0.2, 0.25) is 0 Å². The van der Waals surface area contributed by atoms with E-state index in [0.29, 0.717) is 10.9 Å². The van der Waals surface area contributed by atoms with Crippen molar-refractivity contribution in [3.63, 3.8) is 0 Å². The molecule has 2 atom stereocenters. The van der Waals surface area contributed by atoms with Gasteiger partial charge in [0.25, 0.3) is 0 Å². The molecule has 2 rings (SSSR count). The van der Waals surface area contributed by atoms with E-state index in [0.717, 1.165) is 18.5 Å². The third kappa shape index (κ3) is 3.45. The maximum absolute atomic E-state index is 11.2. The third-order valence-electron chi connectivity index (χ3n) is 4.16. The van der Waals surface area contributed by atoms with Crippen LogP contribution in [0.4, 0.5) is 5.69 Å². The number of benzene rings is 1. The van der Waals surface area contributed by atoms with Gasteiger partial charge >= 0.3 is 5.97 Å². The molecular weight excluding hydrogens is 274 g/mol. The van der Waals surface area contributed by atoms with Crippen molar-refractivity contribution in [2.75, 3.05) is 11.4 Å². The van der Waals surface area contributed by atoms with E-state index in [2.05, 4.69) is 20.8 Å². The highest BCUT2D eigenvalue weighted by Crippen LogP contribution is 2.44. The molecule has 1 N–H and O–H groups in total. The zero-order chi connectivity index (χ0) is 14.9. The Bertz CT molecular complexity index is 484. The second-order valence-corrected chi connectivity index (χ2v) is 7.05. The maximum atomic E-state index is 11.2. The zero-order valence-electron chi connectivity index (χ0n) is 12.3. The average molecular weight is 296 g/mol. The van der Waals surface area contributed by atoms with Crippen LogP contribution in [-0.2, 0) is 4.79 Å². The summed E-state index contributed by atoms with van der Waals surface area (Å²) in [6.45, 7) is 6.76. The molecule has 1 aromatic rings. The number of carboxylic acid groups (broad SMARTS) is 1. The monoisotopic (exact) mass is 295 g/mol. The first kappa shape index (κ1) is 15.2. The average Bonchev–Trinajstić information content (AvgIpc) is 2.61. The summed E-state index contributed by atoms with van der Waals surface area (Å²) in [5.41, 5.74) is 1.21. The Labute approximate surface area is 125 Å². The highest BCUT2D eigenvalue weighted by molar-refractivity contribution is 6.30. The molecule has 4 heteroatoms. The van der Waals surface area contributed by atoms with E-state index in [1.807, 2.05) is 29.2 Å². The van der Waals surface area contributed by atoms with Crippen LogP contribution in [0.1, 0.15) is 33.6 Å². The van der Waals surface area contributed by atoms with E-state index in [1.54, 1.807) is 0 Å². The van der Waals surface area contributed by atoms with Gasteiger partial charge in [0.1, 0.15) is 6.54 Å². The molecule has 1 aromatic carbocycles. The predicted octanol–water partition coefficient (Wildman–Crippen LogP) is 4.06. The summed E-state index contributed by atoms with van der Waals surface area (Å²) >= 11 is 5.92. The molecule has 0 aliphatic heterocycles. The highest BCUT2D eigenvalue weighted by atomic mass is 35.5. The topological polar surface area (TPSA) is 40.5 Å². The number of anilines is 1. The normalized spacial score (nSPS) is 24.6. The minimum Gasteiger partial charge on any atom is -0.480 e. The van der Waals surface area contributed by atoms with Crippen molar-refractivity contribution in [1.82, 2.24) is 0 Å². The van der Waals surface area contributed by atoms with Gasteiger partial charge in [-0.05, 0) is 48.4 Å². The number of halogens is 1. The van der Waals surface area contributed by atoms with E-state index in [-0.39, 0.29) is 18.0 Å². The Kier molecular flexibility index (Phi) is 4.28. The van der Waals surface area contributed by atoms with Crippen LogP contribution < -0.4 is 4.90 Å². The number of nitrogens with zero attached hydrogens (tertiary/aromatic N) is 1. The fraction of sp³-hybridized carbons (Fsp3) is 0.562. The second kappa shape index (κ2) is 5.65. The van der Waals surface area contributed by atoms with Crippen molar-refractivity contribution in [2.45, 2.75) is 39.7 Å². The molecule has 0 aromatic heterocycles. The second-order valence-electron chi connectivity index (χ2n) is 6.62. The van der Waals surface area contributed by atoms with E-state index >= 15 is 0 Å². The van der Waals surface area contributed by atoms with Gasteiger partial charge in [-0.3, -0.25) is 4.79 Å². The zero-order valence-corrected chi connectivity index (χ0v) is 13.0. The minimum atomic E-state index is -0.795. The Hall–Kier alpha value is -1.22. The van der Waals surface area contributed by atoms with Crippen molar-refractivity contribution in [1.29, 1.82) is 0 Å². The van der Waals surface area contributed by atoms with Gasteiger partial charge in [0, 0.05) is 16.8 Å². The number of hydrogen-bond acceptors (Lipinski definition) is 2. The van der Waals surface area contributed by atoms with Crippen molar-refractivity contribution in [2.24, 2.45) is 11.3 Å². The molecular formula is C16H22ClNO2. The molecule has 1 aliphatic rings. The summed E-state index contributed by atoms with van der Waals surface area (Å²) in [7, 11) is 0. The Morgan fingerprint density at radius 1 is 1.35 bits per heavy atom. The summed E-state index contributed by atoms with van der Waals surface area (Å²) in [5, 5.41) is 9.88. The van der Waals surface area contributed by atoms with Crippen LogP contribution in [0.5, 0.6) is 0 Å². The molecule has 1 saturated carbocycles. The minimum absolute atomic E-state index is 0.0344. The van der Waals surface area contributed by atoms with Crippen molar-refractivity contribution in [3.05, 3.63) is 29.3 Å². The molecule has 0 amide bonds. The molecule has 0 spiro atoms. The number of carboxylic acids is 1. The maximum Gasteiger partial charge on any atom is 0.323 e. The molecule has 0 heterocycles. The molecule has 2 unspecified atom stereocenters. The Balaban J connectivity index is 2.28. The first-order valence-electron chi connectivity index (χ1n) is 7.02. The number of hydrogen-bond donors (Lipinski definition) is 1. The largest absolute Gasteiger partial charge is 0.480 e. The summed E-state index contributed by atoms with van der Waals surface area (Å²) in [5.74, 6) is -0.308. The Morgan fingerprint density at radius 2 is 1.95 bits per heavy atom. The lowest BCUT2D eigenvalue weighted by molar-refractivity contribution is -0.135. The lowest BCUT2D eigenvalue weighted by Crippen LogP contribution is -2.41. The molecule has 0 bridgehead atoms. The van der Waals surface area contributed by atoms with Crippen LogP contribution in [0.3, 0.4) is 0 Å². The lowest BCUT2D eigenvalue weighted by Gasteiger charge is -2.33. The van der Waals surface area contributed by atoms with E-state index < -0.39 is 5.97 Å². The van der Waals surface area contributed by atoms with E-state index in [1.165, 1.54) is 0 Å². The van der Waals surface area contributed by atoms with Gasteiger partial charge in [-0.2, -0.15) is 0 Å². The quantitative estimate of drug-likeness (QED) is 0.911. The van der Waals surface area contributed by atoms with Crippen LogP contribution in [0.2, 0.25) is 5.02 Å². The molecule has 1 aliphatic carbocycles. The number of carbonyl (C=O) groups is 1. The first-order valence-corrected chi connectivity index (χ1v) is 7.40. The molecule has 0 radical (unpaired) electrons. The van der Waals surface area contributed by atoms with Crippen LogP contribution >= 0.6 is 11.6 Å². The van der Waals surface area contributed by atoms with Gasteiger partial charge in [-0.25, -0.2) is 0 Å². The predicted molar refractivity (Wildman–Crippen MR) is 82.4 cm³/mol. The SMILES string of the molecule is CC1CC(C)(C)CC1N(CC(=O)O)c1ccc(Cl)cc1. The fourth-order valence-corrected chi connectivity index (χ4v) is 3.58. The van der Waals surface area contributed by atoms with Crippen LogP contribution in [0.15, 0.2) is 24.3 Å². The molecule has 20 heavy (non-hydrogen) atoms. The van der Waals surface area contributed by atoms with Crippen molar-refractivity contribution >= 4 is 23.3 Å². The van der Waals surface area contributed by atoms with Crippen LogP contribution in [0.25, 0.3) is 0 Å². The van der Waals surface area contributed by atoms with Crippen LogP contribution in [0, 0.1) is 11.3 Å². The number of rotatable bonds is 4. The Morgan fingerprint density at radius 3 is 2.40 bits per heavy atom. The van der Waals surface area contributed by atoms with Crippen molar-refractivity contribution < 1.29 is 9.90 Å². The summed E-state index contributed by atoms with van der Waals surface area (Å²) in [6, 6.07) is 7.71. The van der Waals surface area contributed by atoms with Crippen molar-refractivity contribution in [3.8, 4) is 0 Å². The van der Waals surface area contributed by atoms with Gasteiger partial charge < -0.3 is 10.0 Å². The number of aliphatic carboxylic acids is 1. The standard InChI is InChI=1S/C16H22ClNO2/c1-11-8-16(2,3)9-14(11)18(10-15(19)20)13-6-4-12(17)5-7-13/h4-7,11,14H,8-10H2,1-3H3,(H,19,20). The summed E-state index contributed by atoms with van der Waals surface area (Å²) < 4.78 is 0.